The maximum Gasteiger partial charge on any atom is 0.253 e. The molecule has 4 nitrogen and oxygen atoms in total. The lowest BCUT2D eigenvalue weighted by molar-refractivity contribution is -0.123. The summed E-state index contributed by atoms with van der Waals surface area (Å²) in [5.41, 5.74) is 0.157. The summed E-state index contributed by atoms with van der Waals surface area (Å²) >= 11 is 3.01. The van der Waals surface area contributed by atoms with Gasteiger partial charge in [0.25, 0.3) is 5.91 Å². The van der Waals surface area contributed by atoms with Crippen LogP contribution in [0.2, 0.25) is 0 Å². The van der Waals surface area contributed by atoms with Crippen LogP contribution in [0, 0.1) is 5.82 Å². The van der Waals surface area contributed by atoms with Crippen molar-refractivity contribution in [3.8, 4) is 0 Å². The summed E-state index contributed by atoms with van der Waals surface area (Å²) in [6.45, 7) is 5.23. The summed E-state index contributed by atoms with van der Waals surface area (Å²) in [5.74, 6) is -1.31. The first-order valence-corrected chi connectivity index (χ1v) is 6.67. The number of nitrogens with one attached hydrogen (secondary N) is 2. The molecule has 0 aliphatic rings. The molecule has 1 unspecified atom stereocenters. The molecule has 0 saturated carbocycles. The monoisotopic (exact) mass is 330 g/mol. The molecular weight excluding hydrogens is 315 g/mol. The lowest BCUT2D eigenvalue weighted by Crippen LogP contribution is -2.46. The van der Waals surface area contributed by atoms with Crippen LogP contribution in [0.3, 0.4) is 0 Å². The number of carbonyl (C=O) groups is 2. The van der Waals surface area contributed by atoms with E-state index in [1.54, 1.807) is 6.92 Å². The second-order valence-corrected chi connectivity index (χ2v) is 5.25. The Morgan fingerprint density at radius 3 is 2.42 bits per heavy atom. The van der Waals surface area contributed by atoms with Crippen LogP contribution >= 0.6 is 15.9 Å². The number of benzene rings is 1. The van der Waals surface area contributed by atoms with Gasteiger partial charge in [0.15, 0.2) is 0 Å². The van der Waals surface area contributed by atoms with Gasteiger partial charge < -0.3 is 10.6 Å². The zero-order valence-corrected chi connectivity index (χ0v) is 12.5. The summed E-state index contributed by atoms with van der Waals surface area (Å²) in [5, 5.41) is 5.21. The van der Waals surface area contributed by atoms with Gasteiger partial charge in [0.1, 0.15) is 11.9 Å². The SMILES string of the molecule is CC(C)NC(=O)C(C)NC(=O)c1cccc(F)c1Br. The topological polar surface area (TPSA) is 58.2 Å². The van der Waals surface area contributed by atoms with Crippen molar-refractivity contribution in [2.24, 2.45) is 0 Å². The maximum atomic E-state index is 13.3. The van der Waals surface area contributed by atoms with Gasteiger partial charge in [-0.05, 0) is 48.8 Å². The van der Waals surface area contributed by atoms with Crippen LogP contribution in [0.5, 0.6) is 0 Å². The van der Waals surface area contributed by atoms with Crippen molar-refractivity contribution in [3.05, 3.63) is 34.1 Å². The minimum Gasteiger partial charge on any atom is -0.352 e. The number of halogens is 2. The van der Waals surface area contributed by atoms with Gasteiger partial charge in [-0.15, -0.1) is 0 Å². The third-order valence-electron chi connectivity index (χ3n) is 2.37. The van der Waals surface area contributed by atoms with E-state index in [-0.39, 0.29) is 22.0 Å². The van der Waals surface area contributed by atoms with Gasteiger partial charge in [-0.1, -0.05) is 6.07 Å². The molecule has 2 N–H and O–H groups in total. The average Bonchev–Trinajstić information content (AvgIpc) is 2.31. The van der Waals surface area contributed by atoms with Gasteiger partial charge in [-0.25, -0.2) is 4.39 Å². The standard InChI is InChI=1S/C13H16BrFN2O2/c1-7(2)16-12(18)8(3)17-13(19)9-5-4-6-10(15)11(9)14/h4-8H,1-3H3,(H,16,18)(H,17,19). The normalized spacial score (nSPS) is 12.1. The number of amides is 2. The zero-order chi connectivity index (χ0) is 14.6. The fourth-order valence-corrected chi connectivity index (χ4v) is 1.87. The highest BCUT2D eigenvalue weighted by atomic mass is 79.9. The molecule has 1 atom stereocenters. The Kier molecular flexibility index (Phi) is 5.47. The Bertz CT molecular complexity index is 492. The summed E-state index contributed by atoms with van der Waals surface area (Å²) in [4.78, 5) is 23.6. The van der Waals surface area contributed by atoms with Gasteiger partial charge >= 0.3 is 0 Å². The molecule has 1 aromatic rings. The predicted octanol–water partition coefficient (Wildman–Crippen LogP) is 2.23. The van der Waals surface area contributed by atoms with E-state index in [0.717, 1.165) is 0 Å². The fraction of sp³-hybridized carbons (Fsp3) is 0.385. The molecule has 0 aliphatic heterocycles. The van der Waals surface area contributed by atoms with Crippen molar-refractivity contribution in [1.82, 2.24) is 10.6 Å². The first-order valence-electron chi connectivity index (χ1n) is 5.88. The van der Waals surface area contributed by atoms with Crippen molar-refractivity contribution in [2.75, 3.05) is 0 Å². The lowest BCUT2D eigenvalue weighted by Gasteiger charge is -2.16. The number of carbonyl (C=O) groups excluding carboxylic acids is 2. The van der Waals surface area contributed by atoms with Crippen LogP contribution in [0.1, 0.15) is 31.1 Å². The summed E-state index contributed by atoms with van der Waals surface area (Å²) in [6, 6.07) is 3.47. The number of hydrogen-bond donors (Lipinski definition) is 2. The van der Waals surface area contributed by atoms with E-state index in [1.165, 1.54) is 18.2 Å². The van der Waals surface area contributed by atoms with Gasteiger partial charge in [0, 0.05) is 6.04 Å². The number of hydrogen-bond acceptors (Lipinski definition) is 2. The molecule has 0 aliphatic carbocycles. The molecule has 6 heteroatoms. The molecule has 1 aromatic carbocycles. The summed E-state index contributed by atoms with van der Waals surface area (Å²) in [7, 11) is 0. The maximum absolute atomic E-state index is 13.3. The molecule has 104 valence electrons. The highest BCUT2D eigenvalue weighted by Crippen LogP contribution is 2.20. The van der Waals surface area contributed by atoms with Crippen LogP contribution < -0.4 is 10.6 Å². The third-order valence-corrected chi connectivity index (χ3v) is 3.17. The van der Waals surface area contributed by atoms with Crippen molar-refractivity contribution in [1.29, 1.82) is 0 Å². The molecule has 0 heterocycles. The van der Waals surface area contributed by atoms with Crippen LogP contribution in [0.25, 0.3) is 0 Å². The van der Waals surface area contributed by atoms with Crippen LogP contribution in [0.15, 0.2) is 22.7 Å². The van der Waals surface area contributed by atoms with Gasteiger partial charge in [0.05, 0.1) is 10.0 Å². The van der Waals surface area contributed by atoms with Crippen molar-refractivity contribution < 1.29 is 14.0 Å². The molecule has 1 rings (SSSR count). The minimum absolute atomic E-state index is 0.00671. The molecule has 0 aromatic heterocycles. The number of rotatable bonds is 4. The highest BCUT2D eigenvalue weighted by molar-refractivity contribution is 9.10. The smallest absolute Gasteiger partial charge is 0.253 e. The van der Waals surface area contributed by atoms with E-state index in [1.807, 2.05) is 13.8 Å². The highest BCUT2D eigenvalue weighted by Gasteiger charge is 2.19. The fourth-order valence-electron chi connectivity index (χ4n) is 1.43. The molecular formula is C13H16BrFN2O2. The summed E-state index contributed by atoms with van der Waals surface area (Å²) in [6.07, 6.45) is 0. The first-order chi connectivity index (χ1) is 8.82. The van der Waals surface area contributed by atoms with E-state index >= 15 is 0 Å². The Labute approximate surface area is 119 Å². The van der Waals surface area contributed by atoms with E-state index in [9.17, 15) is 14.0 Å². The van der Waals surface area contributed by atoms with E-state index < -0.39 is 17.8 Å². The average molecular weight is 331 g/mol. The molecule has 0 saturated heterocycles. The predicted molar refractivity (Wildman–Crippen MR) is 74.3 cm³/mol. The molecule has 0 spiro atoms. The largest absolute Gasteiger partial charge is 0.352 e. The Hall–Kier alpha value is -1.43. The molecule has 0 radical (unpaired) electrons. The Morgan fingerprint density at radius 2 is 1.84 bits per heavy atom. The second-order valence-electron chi connectivity index (χ2n) is 4.46. The first kappa shape index (κ1) is 15.6. The van der Waals surface area contributed by atoms with Gasteiger partial charge in [-0.3, -0.25) is 9.59 Å². The van der Waals surface area contributed by atoms with Crippen LogP contribution in [0.4, 0.5) is 4.39 Å². The minimum atomic E-state index is -0.690. The third kappa shape index (κ3) is 4.31. The van der Waals surface area contributed by atoms with E-state index in [0.29, 0.717) is 0 Å². The molecule has 0 bridgehead atoms. The van der Waals surface area contributed by atoms with Gasteiger partial charge in [-0.2, -0.15) is 0 Å². The van der Waals surface area contributed by atoms with Crippen molar-refractivity contribution in [3.63, 3.8) is 0 Å². The van der Waals surface area contributed by atoms with E-state index in [2.05, 4.69) is 26.6 Å². The Morgan fingerprint density at radius 1 is 1.21 bits per heavy atom. The van der Waals surface area contributed by atoms with Crippen molar-refractivity contribution in [2.45, 2.75) is 32.9 Å². The van der Waals surface area contributed by atoms with Crippen LogP contribution in [-0.4, -0.2) is 23.9 Å². The van der Waals surface area contributed by atoms with Gasteiger partial charge in [0.2, 0.25) is 5.91 Å². The second kappa shape index (κ2) is 6.65. The van der Waals surface area contributed by atoms with Crippen molar-refractivity contribution >= 4 is 27.7 Å². The summed E-state index contributed by atoms with van der Waals surface area (Å²) < 4.78 is 13.4. The van der Waals surface area contributed by atoms with E-state index in [4.69, 9.17) is 0 Å². The molecule has 2 amide bonds. The van der Waals surface area contributed by atoms with Crippen LogP contribution in [-0.2, 0) is 4.79 Å². The molecule has 0 fully saturated rings. The molecule has 19 heavy (non-hydrogen) atoms. The lowest BCUT2D eigenvalue weighted by atomic mass is 10.2. The Balaban J connectivity index is 2.74. The zero-order valence-electron chi connectivity index (χ0n) is 11.0. The quantitative estimate of drug-likeness (QED) is 0.889.